The van der Waals surface area contributed by atoms with Crippen molar-refractivity contribution in [2.75, 3.05) is 19.6 Å². The van der Waals surface area contributed by atoms with Crippen LogP contribution in [0.3, 0.4) is 0 Å². The topological polar surface area (TPSA) is 32.3 Å². The molecule has 0 atom stereocenters. The number of rotatable bonds is 4. The summed E-state index contributed by atoms with van der Waals surface area (Å²) in [5.74, 6) is -0.00787. The lowest BCUT2D eigenvalue weighted by Crippen LogP contribution is -2.59. The lowest BCUT2D eigenvalue weighted by Gasteiger charge is -2.38. The molecule has 0 radical (unpaired) electrons. The van der Waals surface area contributed by atoms with Crippen LogP contribution in [0.4, 0.5) is 0 Å². The molecule has 6 heteroatoms. The molecule has 0 aromatic carbocycles. The monoisotopic (exact) mass is 292 g/mol. The molecule has 1 aliphatic rings. The Morgan fingerprint density at radius 1 is 1.59 bits per heavy atom. The summed E-state index contributed by atoms with van der Waals surface area (Å²) in [5, 5.41) is 3.18. The SMILES string of the molecule is CCCN(C(=O)c1cc(Cl)sc1Cl)C1CNC1. The number of hydrogen-bond acceptors (Lipinski definition) is 3. The fourth-order valence-electron chi connectivity index (χ4n) is 1.83. The van der Waals surface area contributed by atoms with Gasteiger partial charge in [-0.25, -0.2) is 0 Å². The molecule has 1 fully saturated rings. The summed E-state index contributed by atoms with van der Waals surface area (Å²) in [6, 6.07) is 1.95. The van der Waals surface area contributed by atoms with Crippen molar-refractivity contribution in [1.29, 1.82) is 0 Å². The average molecular weight is 293 g/mol. The van der Waals surface area contributed by atoms with Crippen LogP contribution in [0.25, 0.3) is 0 Å². The number of halogens is 2. The van der Waals surface area contributed by atoms with E-state index >= 15 is 0 Å². The minimum absolute atomic E-state index is 0.00787. The minimum Gasteiger partial charge on any atom is -0.333 e. The van der Waals surface area contributed by atoms with Crippen LogP contribution in [-0.4, -0.2) is 36.5 Å². The lowest BCUT2D eigenvalue weighted by molar-refractivity contribution is 0.0616. The summed E-state index contributed by atoms with van der Waals surface area (Å²) in [4.78, 5) is 14.3. The molecule has 3 nitrogen and oxygen atoms in total. The zero-order chi connectivity index (χ0) is 12.4. The van der Waals surface area contributed by atoms with Gasteiger partial charge in [0.2, 0.25) is 0 Å². The molecule has 0 unspecified atom stereocenters. The third kappa shape index (κ3) is 2.76. The molecular weight excluding hydrogens is 279 g/mol. The maximum atomic E-state index is 12.4. The van der Waals surface area contributed by atoms with Gasteiger partial charge in [-0.3, -0.25) is 4.79 Å². The van der Waals surface area contributed by atoms with Gasteiger partial charge in [0.25, 0.3) is 5.91 Å². The summed E-state index contributed by atoms with van der Waals surface area (Å²) in [6.45, 7) is 4.55. The summed E-state index contributed by atoms with van der Waals surface area (Å²) in [6.07, 6.45) is 0.942. The second-order valence-electron chi connectivity index (χ2n) is 4.05. The maximum absolute atomic E-state index is 12.4. The Bertz CT molecular complexity index is 418. The van der Waals surface area contributed by atoms with Gasteiger partial charge in [-0.15, -0.1) is 11.3 Å². The normalized spacial score (nSPS) is 15.7. The molecule has 2 heterocycles. The highest BCUT2D eigenvalue weighted by molar-refractivity contribution is 7.20. The summed E-state index contributed by atoms with van der Waals surface area (Å²) < 4.78 is 1.04. The Morgan fingerprint density at radius 2 is 2.29 bits per heavy atom. The number of thiophene rings is 1. The van der Waals surface area contributed by atoms with E-state index in [0.29, 0.717) is 14.2 Å². The first-order valence-corrected chi connectivity index (χ1v) is 7.17. The van der Waals surface area contributed by atoms with Crippen molar-refractivity contribution in [3.8, 4) is 0 Å². The van der Waals surface area contributed by atoms with Gasteiger partial charge in [0, 0.05) is 19.6 Å². The summed E-state index contributed by atoms with van der Waals surface area (Å²) in [5.41, 5.74) is 0.530. The predicted octanol–water partition coefficient (Wildman–Crippen LogP) is 2.88. The van der Waals surface area contributed by atoms with Gasteiger partial charge >= 0.3 is 0 Å². The van der Waals surface area contributed by atoms with Gasteiger partial charge in [0.05, 0.1) is 15.9 Å². The van der Waals surface area contributed by atoms with E-state index in [-0.39, 0.29) is 11.9 Å². The van der Waals surface area contributed by atoms with Gasteiger partial charge in [-0.1, -0.05) is 30.1 Å². The van der Waals surface area contributed by atoms with Crippen LogP contribution in [0.5, 0.6) is 0 Å². The van der Waals surface area contributed by atoms with Crippen LogP contribution in [0, 0.1) is 0 Å². The third-order valence-corrected chi connectivity index (χ3v) is 4.30. The predicted molar refractivity (Wildman–Crippen MR) is 72.3 cm³/mol. The number of nitrogens with one attached hydrogen (secondary N) is 1. The second-order valence-corrected chi connectivity index (χ2v) is 6.33. The zero-order valence-corrected chi connectivity index (χ0v) is 11.8. The molecule has 0 saturated carbocycles. The molecule has 2 rings (SSSR count). The van der Waals surface area contributed by atoms with E-state index in [2.05, 4.69) is 12.2 Å². The van der Waals surface area contributed by atoms with Crippen molar-refractivity contribution in [2.45, 2.75) is 19.4 Å². The Balaban J connectivity index is 2.17. The number of hydrogen-bond donors (Lipinski definition) is 1. The van der Waals surface area contributed by atoms with E-state index in [1.807, 2.05) is 4.90 Å². The highest BCUT2D eigenvalue weighted by atomic mass is 35.5. The average Bonchev–Trinajstić information content (AvgIpc) is 2.53. The van der Waals surface area contributed by atoms with Gasteiger partial charge in [0.15, 0.2) is 0 Å². The zero-order valence-electron chi connectivity index (χ0n) is 9.50. The Labute approximate surface area is 115 Å². The Kier molecular flexibility index (Phi) is 4.31. The first kappa shape index (κ1) is 13.1. The molecule has 94 valence electrons. The standard InChI is InChI=1S/C11H14Cl2N2OS/c1-2-3-15(7-5-14-6-7)11(16)8-4-9(12)17-10(8)13/h4,7,14H,2-3,5-6H2,1H3. The van der Waals surface area contributed by atoms with Crippen LogP contribution in [0.1, 0.15) is 23.7 Å². The second kappa shape index (κ2) is 5.57. The van der Waals surface area contributed by atoms with E-state index in [1.165, 1.54) is 11.3 Å². The first-order chi connectivity index (χ1) is 8.13. The van der Waals surface area contributed by atoms with E-state index in [9.17, 15) is 4.79 Å². The molecule has 0 spiro atoms. The van der Waals surface area contributed by atoms with E-state index < -0.39 is 0 Å². The summed E-state index contributed by atoms with van der Waals surface area (Å²) >= 11 is 13.1. The fraction of sp³-hybridized carbons (Fsp3) is 0.545. The van der Waals surface area contributed by atoms with E-state index in [1.54, 1.807) is 6.07 Å². The van der Waals surface area contributed by atoms with Gasteiger partial charge < -0.3 is 10.2 Å². The summed E-state index contributed by atoms with van der Waals surface area (Å²) in [7, 11) is 0. The lowest BCUT2D eigenvalue weighted by atomic mass is 10.1. The van der Waals surface area contributed by atoms with Crippen molar-refractivity contribution in [2.24, 2.45) is 0 Å². The van der Waals surface area contributed by atoms with Crippen LogP contribution < -0.4 is 5.32 Å². The highest BCUT2D eigenvalue weighted by Gasteiger charge is 2.30. The van der Waals surface area contributed by atoms with Gasteiger partial charge in [-0.2, -0.15) is 0 Å². The Morgan fingerprint density at radius 3 is 2.71 bits per heavy atom. The quantitative estimate of drug-likeness (QED) is 0.925. The van der Waals surface area contributed by atoms with Crippen LogP contribution in [-0.2, 0) is 0 Å². The van der Waals surface area contributed by atoms with Crippen LogP contribution in [0.2, 0.25) is 8.67 Å². The largest absolute Gasteiger partial charge is 0.333 e. The fourth-order valence-corrected chi connectivity index (χ4v) is 3.27. The van der Waals surface area contributed by atoms with Crippen molar-refractivity contribution in [1.82, 2.24) is 10.2 Å². The minimum atomic E-state index is -0.00787. The molecule has 1 amide bonds. The first-order valence-electron chi connectivity index (χ1n) is 5.60. The Hall–Kier alpha value is -0.290. The molecule has 1 aliphatic heterocycles. The molecule has 1 N–H and O–H groups in total. The van der Waals surface area contributed by atoms with Crippen molar-refractivity contribution in [3.63, 3.8) is 0 Å². The number of carbonyl (C=O) groups is 1. The van der Waals surface area contributed by atoms with Crippen molar-refractivity contribution < 1.29 is 4.79 Å². The molecule has 0 bridgehead atoms. The van der Waals surface area contributed by atoms with Gasteiger partial charge in [0.1, 0.15) is 4.34 Å². The van der Waals surface area contributed by atoms with Gasteiger partial charge in [-0.05, 0) is 12.5 Å². The molecular formula is C11H14Cl2N2OS. The molecule has 1 aromatic heterocycles. The van der Waals surface area contributed by atoms with E-state index in [4.69, 9.17) is 23.2 Å². The number of nitrogens with zero attached hydrogens (tertiary/aromatic N) is 1. The molecule has 1 aromatic rings. The smallest absolute Gasteiger partial charge is 0.256 e. The number of carbonyl (C=O) groups excluding carboxylic acids is 1. The molecule has 17 heavy (non-hydrogen) atoms. The molecule has 1 saturated heterocycles. The third-order valence-electron chi connectivity index (χ3n) is 2.81. The van der Waals surface area contributed by atoms with Crippen molar-refractivity contribution in [3.05, 3.63) is 20.3 Å². The number of amides is 1. The highest BCUT2D eigenvalue weighted by Crippen LogP contribution is 2.32. The van der Waals surface area contributed by atoms with Crippen LogP contribution in [0.15, 0.2) is 6.07 Å². The molecule has 0 aliphatic carbocycles. The van der Waals surface area contributed by atoms with E-state index in [0.717, 1.165) is 26.1 Å². The van der Waals surface area contributed by atoms with Crippen LogP contribution >= 0.6 is 34.5 Å². The maximum Gasteiger partial charge on any atom is 0.256 e. The van der Waals surface area contributed by atoms with Crippen molar-refractivity contribution >= 4 is 40.4 Å².